The minimum absolute atomic E-state index is 0.104. The summed E-state index contributed by atoms with van der Waals surface area (Å²) in [6.45, 7) is 9.92. The van der Waals surface area contributed by atoms with Crippen LogP contribution in [-0.2, 0) is 4.79 Å². The van der Waals surface area contributed by atoms with Crippen LogP contribution in [0.15, 0.2) is 0 Å². The first-order chi connectivity index (χ1) is 6.70. The van der Waals surface area contributed by atoms with E-state index in [0.717, 1.165) is 19.3 Å². The first-order valence-corrected chi connectivity index (χ1v) is 5.80. The smallest absolute Gasteiger partial charge is 0.220 e. The first-order valence-electron chi connectivity index (χ1n) is 5.80. The number of nitrogens with two attached hydrogens (primary N) is 1. The van der Waals surface area contributed by atoms with E-state index in [-0.39, 0.29) is 11.4 Å². The lowest BCUT2D eigenvalue weighted by atomic mass is 9.83. The van der Waals surface area contributed by atoms with Gasteiger partial charge >= 0.3 is 0 Å². The summed E-state index contributed by atoms with van der Waals surface area (Å²) in [6, 6.07) is 0. The highest BCUT2D eigenvalue weighted by Gasteiger charge is 2.34. The van der Waals surface area contributed by atoms with Crippen LogP contribution in [0.4, 0.5) is 0 Å². The number of hydrogen-bond donors (Lipinski definition) is 2. The van der Waals surface area contributed by atoms with Crippen molar-refractivity contribution in [1.82, 2.24) is 5.32 Å². The number of carbonyl (C=O) groups is 1. The van der Waals surface area contributed by atoms with E-state index in [2.05, 4.69) is 12.2 Å². The lowest BCUT2D eigenvalue weighted by Crippen LogP contribution is -2.62. The second-order valence-corrected chi connectivity index (χ2v) is 5.35. The van der Waals surface area contributed by atoms with Gasteiger partial charge in [-0.2, -0.15) is 0 Å². The average molecular weight is 214 g/mol. The molecule has 15 heavy (non-hydrogen) atoms. The van der Waals surface area contributed by atoms with Gasteiger partial charge in [-0.3, -0.25) is 4.79 Å². The summed E-state index contributed by atoms with van der Waals surface area (Å²) in [5.41, 5.74) is 5.23. The zero-order valence-electron chi connectivity index (χ0n) is 10.8. The lowest BCUT2D eigenvalue weighted by Gasteiger charge is -2.39. The molecule has 3 heteroatoms. The molecule has 0 aliphatic heterocycles. The van der Waals surface area contributed by atoms with E-state index < -0.39 is 5.54 Å². The Hall–Kier alpha value is -0.570. The van der Waals surface area contributed by atoms with E-state index in [0.29, 0.717) is 6.42 Å². The molecule has 0 aliphatic rings. The Kier molecular flexibility index (Phi) is 5.29. The zero-order valence-corrected chi connectivity index (χ0v) is 10.8. The van der Waals surface area contributed by atoms with Gasteiger partial charge < -0.3 is 11.1 Å². The number of rotatable bonds is 6. The zero-order chi connectivity index (χ0) is 12.1. The van der Waals surface area contributed by atoms with Crippen molar-refractivity contribution in [3.8, 4) is 0 Å². The van der Waals surface area contributed by atoms with Crippen LogP contribution in [0.25, 0.3) is 0 Å². The summed E-state index contributed by atoms with van der Waals surface area (Å²) in [7, 11) is 0. The second-order valence-electron chi connectivity index (χ2n) is 5.35. The van der Waals surface area contributed by atoms with E-state index >= 15 is 0 Å². The largest absolute Gasteiger partial charge is 0.349 e. The van der Waals surface area contributed by atoms with Crippen LogP contribution in [0.2, 0.25) is 0 Å². The summed E-state index contributed by atoms with van der Waals surface area (Å²) in [5.74, 6) is 0.104. The molecule has 3 nitrogen and oxygen atoms in total. The highest BCUT2D eigenvalue weighted by molar-refractivity contribution is 5.76. The lowest BCUT2D eigenvalue weighted by molar-refractivity contribution is -0.123. The fourth-order valence-electron chi connectivity index (χ4n) is 1.11. The molecule has 0 aromatic heterocycles. The maximum atomic E-state index is 11.6. The van der Waals surface area contributed by atoms with Gasteiger partial charge in [-0.05, 0) is 34.1 Å². The summed E-state index contributed by atoms with van der Waals surface area (Å²) < 4.78 is 0. The molecule has 0 heterocycles. The monoisotopic (exact) mass is 214 g/mol. The summed E-state index contributed by atoms with van der Waals surface area (Å²) >= 11 is 0. The van der Waals surface area contributed by atoms with Crippen LogP contribution in [0, 0.1) is 0 Å². The molecule has 0 fully saturated rings. The molecule has 0 radical (unpaired) electrons. The molecule has 0 atom stereocenters. The number of carbonyl (C=O) groups excluding carboxylic acids is 1. The van der Waals surface area contributed by atoms with Crippen molar-refractivity contribution in [2.75, 3.05) is 0 Å². The van der Waals surface area contributed by atoms with E-state index in [1.807, 2.05) is 27.7 Å². The fourth-order valence-corrected chi connectivity index (χ4v) is 1.11. The molecule has 90 valence electrons. The SMILES string of the molecule is CCCCCC(=O)NC(C)(C)C(C)(C)N. The molecule has 0 saturated carbocycles. The van der Waals surface area contributed by atoms with Gasteiger partial charge in [0.15, 0.2) is 0 Å². The number of hydrogen-bond acceptors (Lipinski definition) is 2. The minimum atomic E-state index is -0.409. The number of nitrogens with one attached hydrogen (secondary N) is 1. The van der Waals surface area contributed by atoms with Crippen molar-refractivity contribution in [3.63, 3.8) is 0 Å². The third-order valence-corrected chi connectivity index (χ3v) is 3.07. The van der Waals surface area contributed by atoms with Gasteiger partial charge in [-0.1, -0.05) is 19.8 Å². The van der Waals surface area contributed by atoms with Crippen molar-refractivity contribution in [3.05, 3.63) is 0 Å². The third kappa shape index (κ3) is 5.17. The van der Waals surface area contributed by atoms with Crippen LogP contribution in [-0.4, -0.2) is 17.0 Å². The molecule has 1 amide bonds. The third-order valence-electron chi connectivity index (χ3n) is 3.07. The first kappa shape index (κ1) is 14.4. The Morgan fingerprint density at radius 1 is 1.20 bits per heavy atom. The second kappa shape index (κ2) is 5.50. The van der Waals surface area contributed by atoms with Gasteiger partial charge in [0.1, 0.15) is 0 Å². The Bertz CT molecular complexity index is 204. The van der Waals surface area contributed by atoms with E-state index in [4.69, 9.17) is 5.73 Å². The highest BCUT2D eigenvalue weighted by Crippen LogP contribution is 2.18. The number of unbranched alkanes of at least 4 members (excludes halogenated alkanes) is 2. The molecule has 0 aromatic rings. The molecular weight excluding hydrogens is 188 g/mol. The Balaban J connectivity index is 4.06. The highest BCUT2D eigenvalue weighted by atomic mass is 16.1. The van der Waals surface area contributed by atoms with Gasteiger partial charge in [0.05, 0.1) is 5.54 Å². The molecule has 0 rings (SSSR count). The van der Waals surface area contributed by atoms with Crippen LogP contribution in [0.3, 0.4) is 0 Å². The van der Waals surface area contributed by atoms with Crippen molar-refractivity contribution in [1.29, 1.82) is 0 Å². The predicted octanol–water partition coefficient (Wildman–Crippen LogP) is 2.20. The summed E-state index contributed by atoms with van der Waals surface area (Å²) in [4.78, 5) is 11.6. The molecule has 0 spiro atoms. The topological polar surface area (TPSA) is 55.1 Å². The van der Waals surface area contributed by atoms with E-state index in [9.17, 15) is 4.79 Å². The van der Waals surface area contributed by atoms with Crippen molar-refractivity contribution in [2.24, 2.45) is 5.73 Å². The summed E-state index contributed by atoms with van der Waals surface area (Å²) in [5, 5.41) is 2.99. The molecule has 3 N–H and O–H groups in total. The molecule has 0 aromatic carbocycles. The van der Waals surface area contributed by atoms with Crippen LogP contribution >= 0.6 is 0 Å². The Morgan fingerprint density at radius 2 is 1.73 bits per heavy atom. The Labute approximate surface area is 93.8 Å². The predicted molar refractivity (Wildman–Crippen MR) is 64.6 cm³/mol. The maximum Gasteiger partial charge on any atom is 0.220 e. The Morgan fingerprint density at radius 3 is 2.13 bits per heavy atom. The maximum absolute atomic E-state index is 11.6. The molecule has 0 unspecified atom stereocenters. The minimum Gasteiger partial charge on any atom is -0.349 e. The van der Waals surface area contributed by atoms with Gasteiger partial charge in [-0.15, -0.1) is 0 Å². The quantitative estimate of drug-likeness (QED) is 0.666. The molecular formula is C12H26N2O. The van der Waals surface area contributed by atoms with E-state index in [1.165, 1.54) is 0 Å². The van der Waals surface area contributed by atoms with Gasteiger partial charge in [0.2, 0.25) is 5.91 Å². The molecule has 0 bridgehead atoms. The fraction of sp³-hybridized carbons (Fsp3) is 0.917. The van der Waals surface area contributed by atoms with E-state index in [1.54, 1.807) is 0 Å². The van der Waals surface area contributed by atoms with Crippen LogP contribution in [0.5, 0.6) is 0 Å². The van der Waals surface area contributed by atoms with Crippen molar-refractivity contribution < 1.29 is 4.79 Å². The van der Waals surface area contributed by atoms with Crippen molar-refractivity contribution >= 4 is 5.91 Å². The standard InChI is InChI=1S/C12H26N2O/c1-6-7-8-9-10(15)14-12(4,5)11(2,3)13/h6-9,13H2,1-5H3,(H,14,15). The normalized spacial score (nSPS) is 12.7. The van der Waals surface area contributed by atoms with Gasteiger partial charge in [0, 0.05) is 12.0 Å². The molecule has 0 aliphatic carbocycles. The number of amides is 1. The van der Waals surface area contributed by atoms with Gasteiger partial charge in [-0.25, -0.2) is 0 Å². The van der Waals surface area contributed by atoms with Crippen LogP contribution < -0.4 is 11.1 Å². The van der Waals surface area contributed by atoms with Crippen LogP contribution in [0.1, 0.15) is 60.3 Å². The van der Waals surface area contributed by atoms with Crippen molar-refractivity contribution in [2.45, 2.75) is 71.4 Å². The average Bonchev–Trinajstić information content (AvgIpc) is 2.01. The molecule has 0 saturated heterocycles. The summed E-state index contributed by atoms with van der Waals surface area (Å²) in [6.07, 6.45) is 3.82. The van der Waals surface area contributed by atoms with Gasteiger partial charge in [0.25, 0.3) is 0 Å².